The van der Waals surface area contributed by atoms with Gasteiger partial charge in [-0.3, -0.25) is 0 Å². The Morgan fingerprint density at radius 3 is 2.76 bits per heavy atom. The minimum atomic E-state index is -3.02. The lowest BCUT2D eigenvalue weighted by atomic mass is 10.5. The van der Waals surface area contributed by atoms with Crippen molar-refractivity contribution >= 4 is 9.84 Å². The minimum absolute atomic E-state index is 0.104. The predicted octanol–water partition coefficient (Wildman–Crippen LogP) is 0.211. The zero-order valence-corrected chi connectivity index (χ0v) is 11.4. The zero-order chi connectivity index (χ0) is 12.9. The van der Waals surface area contributed by atoms with Crippen LogP contribution in [0.1, 0.15) is 26.6 Å². The molecule has 1 heterocycles. The van der Waals surface area contributed by atoms with Gasteiger partial charge in [-0.25, -0.2) is 18.1 Å². The van der Waals surface area contributed by atoms with Gasteiger partial charge in [-0.1, -0.05) is 6.92 Å². The summed E-state index contributed by atoms with van der Waals surface area (Å²) in [6.07, 6.45) is 1.45. The molecular weight excluding hydrogens is 240 g/mol. The van der Waals surface area contributed by atoms with E-state index in [0.29, 0.717) is 13.1 Å². The van der Waals surface area contributed by atoms with Gasteiger partial charge in [-0.05, 0) is 20.4 Å². The molecule has 0 aliphatic heterocycles. The van der Waals surface area contributed by atoms with Crippen molar-refractivity contribution in [3.8, 4) is 0 Å². The van der Waals surface area contributed by atoms with Gasteiger partial charge < -0.3 is 5.32 Å². The Labute approximate surface area is 102 Å². The smallest absolute Gasteiger partial charge is 0.154 e. The van der Waals surface area contributed by atoms with Crippen LogP contribution in [-0.4, -0.2) is 40.7 Å². The quantitative estimate of drug-likeness (QED) is 0.758. The van der Waals surface area contributed by atoms with E-state index in [-0.39, 0.29) is 11.0 Å². The van der Waals surface area contributed by atoms with Crippen molar-refractivity contribution in [3.05, 3.63) is 12.2 Å². The lowest BCUT2D eigenvalue weighted by molar-refractivity contribution is 0.555. The third-order valence-electron chi connectivity index (χ3n) is 2.53. The number of sulfone groups is 1. The van der Waals surface area contributed by atoms with Crippen molar-refractivity contribution in [3.63, 3.8) is 0 Å². The Kier molecular flexibility index (Phi) is 5.07. The zero-order valence-electron chi connectivity index (χ0n) is 10.5. The second-order valence-corrected chi connectivity index (χ2v) is 6.77. The molecule has 0 unspecified atom stereocenters. The molecule has 7 heteroatoms. The second kappa shape index (κ2) is 6.11. The largest absolute Gasteiger partial charge is 0.310 e. The fraction of sp³-hybridized carbons (Fsp3) is 0.800. The molecule has 1 rings (SSSR count). The minimum Gasteiger partial charge on any atom is -0.310 e. The standard InChI is InChI=1S/C10H20N4O2S/c1-4-11-7-10-12-8-13-14(10)5-6-17(15,16)9(2)3/h8-9,11H,4-7H2,1-3H3. The van der Waals surface area contributed by atoms with Gasteiger partial charge in [-0.2, -0.15) is 5.10 Å². The topological polar surface area (TPSA) is 76.9 Å². The lowest BCUT2D eigenvalue weighted by Gasteiger charge is -2.09. The number of hydrogen-bond donors (Lipinski definition) is 1. The second-order valence-electron chi connectivity index (χ2n) is 4.10. The maximum Gasteiger partial charge on any atom is 0.154 e. The molecule has 1 aromatic rings. The molecule has 0 radical (unpaired) electrons. The van der Waals surface area contributed by atoms with E-state index in [9.17, 15) is 8.42 Å². The average Bonchev–Trinajstić information content (AvgIpc) is 2.71. The molecule has 1 aromatic heterocycles. The Morgan fingerprint density at radius 1 is 1.47 bits per heavy atom. The average molecular weight is 260 g/mol. The molecule has 6 nitrogen and oxygen atoms in total. The van der Waals surface area contributed by atoms with Crippen LogP contribution in [0.4, 0.5) is 0 Å². The fourth-order valence-corrected chi connectivity index (χ4v) is 2.20. The summed E-state index contributed by atoms with van der Waals surface area (Å²) in [4.78, 5) is 4.09. The first kappa shape index (κ1) is 14.1. The Bertz CT molecular complexity index is 439. The van der Waals surface area contributed by atoms with Crippen molar-refractivity contribution in [2.45, 2.75) is 39.1 Å². The molecule has 0 spiro atoms. The molecule has 0 fully saturated rings. The van der Waals surface area contributed by atoms with E-state index in [1.165, 1.54) is 6.33 Å². The Balaban J connectivity index is 2.61. The molecule has 0 aromatic carbocycles. The van der Waals surface area contributed by atoms with Gasteiger partial charge in [-0.15, -0.1) is 0 Å². The van der Waals surface area contributed by atoms with Crippen LogP contribution in [0.25, 0.3) is 0 Å². The highest BCUT2D eigenvalue weighted by Crippen LogP contribution is 2.03. The molecule has 0 aliphatic rings. The van der Waals surface area contributed by atoms with Crippen LogP contribution in [0, 0.1) is 0 Å². The number of nitrogens with zero attached hydrogens (tertiary/aromatic N) is 3. The summed E-state index contributed by atoms with van der Waals surface area (Å²) in [7, 11) is -3.02. The first-order chi connectivity index (χ1) is 7.97. The van der Waals surface area contributed by atoms with E-state index in [0.717, 1.165) is 12.4 Å². The molecule has 0 bridgehead atoms. The summed E-state index contributed by atoms with van der Waals surface area (Å²) in [5, 5.41) is 6.83. The lowest BCUT2D eigenvalue weighted by Crippen LogP contribution is -2.24. The normalized spacial score (nSPS) is 12.2. The molecule has 0 saturated heterocycles. The van der Waals surface area contributed by atoms with Crippen LogP contribution in [0.5, 0.6) is 0 Å². The maximum absolute atomic E-state index is 11.7. The monoisotopic (exact) mass is 260 g/mol. The van der Waals surface area contributed by atoms with Crippen molar-refractivity contribution in [1.29, 1.82) is 0 Å². The van der Waals surface area contributed by atoms with Crippen LogP contribution in [-0.2, 0) is 22.9 Å². The molecule has 0 saturated carbocycles. The predicted molar refractivity (Wildman–Crippen MR) is 66.3 cm³/mol. The van der Waals surface area contributed by atoms with E-state index >= 15 is 0 Å². The first-order valence-corrected chi connectivity index (χ1v) is 7.48. The number of nitrogens with one attached hydrogen (secondary N) is 1. The van der Waals surface area contributed by atoms with Gasteiger partial charge in [0.05, 0.1) is 24.1 Å². The summed E-state index contributed by atoms with van der Waals surface area (Å²) in [5.74, 6) is 0.874. The number of hydrogen-bond acceptors (Lipinski definition) is 5. The van der Waals surface area contributed by atoms with E-state index < -0.39 is 9.84 Å². The Hall–Kier alpha value is -0.950. The highest BCUT2D eigenvalue weighted by atomic mass is 32.2. The van der Waals surface area contributed by atoms with Crippen molar-refractivity contribution in [1.82, 2.24) is 20.1 Å². The van der Waals surface area contributed by atoms with E-state index in [2.05, 4.69) is 15.4 Å². The third-order valence-corrected chi connectivity index (χ3v) is 4.72. The van der Waals surface area contributed by atoms with Crippen molar-refractivity contribution in [2.75, 3.05) is 12.3 Å². The first-order valence-electron chi connectivity index (χ1n) is 5.76. The van der Waals surface area contributed by atoms with Gasteiger partial charge in [0.2, 0.25) is 0 Å². The summed E-state index contributed by atoms with van der Waals surface area (Å²) in [6.45, 7) is 7.20. The van der Waals surface area contributed by atoms with Crippen LogP contribution < -0.4 is 5.32 Å². The molecular formula is C10H20N4O2S. The summed E-state index contributed by atoms with van der Waals surface area (Å²) >= 11 is 0. The van der Waals surface area contributed by atoms with Gasteiger partial charge in [0.1, 0.15) is 12.2 Å². The number of aryl methyl sites for hydroxylation is 1. The van der Waals surface area contributed by atoms with Crippen molar-refractivity contribution in [2.24, 2.45) is 0 Å². The van der Waals surface area contributed by atoms with E-state index in [1.54, 1.807) is 18.5 Å². The van der Waals surface area contributed by atoms with E-state index in [1.807, 2.05) is 6.92 Å². The summed E-state index contributed by atoms with van der Waals surface area (Å²) in [5.41, 5.74) is 0. The molecule has 0 aliphatic carbocycles. The van der Waals surface area contributed by atoms with Crippen LogP contribution in [0.15, 0.2) is 6.33 Å². The summed E-state index contributed by atoms with van der Waals surface area (Å²) in [6, 6.07) is 0. The Morgan fingerprint density at radius 2 is 2.18 bits per heavy atom. The van der Waals surface area contributed by atoms with Crippen LogP contribution in [0.3, 0.4) is 0 Å². The van der Waals surface area contributed by atoms with Gasteiger partial charge in [0.25, 0.3) is 0 Å². The highest BCUT2D eigenvalue weighted by Gasteiger charge is 2.16. The van der Waals surface area contributed by atoms with Gasteiger partial charge in [0, 0.05) is 0 Å². The summed E-state index contributed by atoms with van der Waals surface area (Å²) < 4.78 is 25.0. The molecule has 1 N–H and O–H groups in total. The fourth-order valence-electron chi connectivity index (χ4n) is 1.30. The van der Waals surface area contributed by atoms with Crippen LogP contribution >= 0.6 is 0 Å². The molecule has 17 heavy (non-hydrogen) atoms. The third kappa shape index (κ3) is 4.08. The SMILES string of the molecule is CCNCc1ncnn1CCS(=O)(=O)C(C)C. The molecule has 98 valence electrons. The van der Waals surface area contributed by atoms with E-state index in [4.69, 9.17) is 0 Å². The maximum atomic E-state index is 11.7. The van der Waals surface area contributed by atoms with Gasteiger partial charge in [0.15, 0.2) is 9.84 Å². The number of aromatic nitrogens is 3. The molecule has 0 amide bonds. The highest BCUT2D eigenvalue weighted by molar-refractivity contribution is 7.91. The number of rotatable bonds is 7. The molecule has 0 atom stereocenters. The van der Waals surface area contributed by atoms with Crippen LogP contribution in [0.2, 0.25) is 0 Å². The van der Waals surface area contributed by atoms with Crippen molar-refractivity contribution < 1.29 is 8.42 Å². The van der Waals surface area contributed by atoms with Gasteiger partial charge >= 0.3 is 0 Å².